The number of nitrogens with zero attached hydrogens (tertiary/aromatic N) is 1. The maximum absolute atomic E-state index is 10.1. The van der Waals surface area contributed by atoms with Crippen molar-refractivity contribution in [2.24, 2.45) is 0 Å². The first kappa shape index (κ1) is 16.0. The molecule has 25 heavy (non-hydrogen) atoms. The van der Waals surface area contributed by atoms with Gasteiger partial charge in [0.05, 0.1) is 12.1 Å². The molecule has 1 heterocycles. The molecule has 126 valence electrons. The van der Waals surface area contributed by atoms with Gasteiger partial charge in [-0.05, 0) is 52.8 Å². The molecule has 0 fully saturated rings. The summed E-state index contributed by atoms with van der Waals surface area (Å²) in [5.41, 5.74) is 5.73. The Labute approximate surface area is 148 Å². The second-order valence-electron chi connectivity index (χ2n) is 6.69. The summed E-state index contributed by atoms with van der Waals surface area (Å²) in [6.45, 7) is 0.843. The molecule has 0 spiro atoms. The Morgan fingerprint density at radius 3 is 2.72 bits per heavy atom. The molecule has 3 aromatic rings. The number of rotatable bonds is 5. The van der Waals surface area contributed by atoms with Gasteiger partial charge in [-0.15, -0.1) is 0 Å². The molecule has 0 radical (unpaired) electrons. The molecule has 0 aliphatic heterocycles. The highest BCUT2D eigenvalue weighted by Crippen LogP contribution is 2.36. The molecule has 0 amide bonds. The first-order valence-corrected chi connectivity index (χ1v) is 8.74. The molecule has 1 unspecified atom stereocenters. The molecule has 1 atom stereocenters. The summed E-state index contributed by atoms with van der Waals surface area (Å²) in [6, 6.07) is 21.0. The zero-order chi connectivity index (χ0) is 17.1. The quantitative estimate of drug-likeness (QED) is 0.750. The smallest absolute Gasteiger partial charge is 0.0677 e. The maximum atomic E-state index is 10.1. The van der Waals surface area contributed by atoms with Gasteiger partial charge in [-0.3, -0.25) is 4.98 Å². The predicted molar refractivity (Wildman–Crippen MR) is 100 cm³/mol. The molecular weight excluding hydrogens is 308 g/mol. The molecule has 3 nitrogen and oxygen atoms in total. The van der Waals surface area contributed by atoms with E-state index in [-0.39, 0.29) is 12.1 Å². The van der Waals surface area contributed by atoms with Crippen LogP contribution in [0.3, 0.4) is 0 Å². The Hall–Kier alpha value is -2.49. The van der Waals surface area contributed by atoms with Crippen molar-refractivity contribution in [3.05, 3.63) is 89.7 Å². The molecule has 2 N–H and O–H groups in total. The van der Waals surface area contributed by atoms with E-state index in [9.17, 15) is 5.11 Å². The van der Waals surface area contributed by atoms with Crippen LogP contribution >= 0.6 is 0 Å². The van der Waals surface area contributed by atoms with E-state index in [1.165, 1.54) is 16.7 Å². The third-order valence-corrected chi connectivity index (χ3v) is 5.18. The molecule has 0 saturated heterocycles. The SMILES string of the molecule is OCC1(NCc2cccc(-c3cccnc3)c2)CCc2ccccc21. The summed E-state index contributed by atoms with van der Waals surface area (Å²) in [5, 5.41) is 13.7. The van der Waals surface area contributed by atoms with Crippen LogP contribution in [0, 0.1) is 0 Å². The number of aliphatic hydroxyl groups excluding tert-OH is 1. The largest absolute Gasteiger partial charge is 0.394 e. The van der Waals surface area contributed by atoms with Crippen molar-refractivity contribution in [1.82, 2.24) is 10.3 Å². The number of nitrogens with one attached hydrogen (secondary N) is 1. The van der Waals surface area contributed by atoms with Crippen molar-refractivity contribution >= 4 is 0 Å². The fourth-order valence-corrected chi connectivity index (χ4v) is 3.76. The summed E-state index contributed by atoms with van der Waals surface area (Å²) >= 11 is 0. The second-order valence-corrected chi connectivity index (χ2v) is 6.69. The van der Waals surface area contributed by atoms with Crippen LogP contribution in [0.5, 0.6) is 0 Å². The Bertz CT molecular complexity index is 863. The summed E-state index contributed by atoms with van der Waals surface area (Å²) in [5.74, 6) is 0. The summed E-state index contributed by atoms with van der Waals surface area (Å²) in [7, 11) is 0. The average Bonchev–Trinajstić information content (AvgIpc) is 3.07. The highest BCUT2D eigenvalue weighted by atomic mass is 16.3. The molecular formula is C22H22N2O. The average molecular weight is 330 g/mol. The Balaban J connectivity index is 1.56. The molecule has 2 aromatic carbocycles. The third kappa shape index (κ3) is 3.09. The van der Waals surface area contributed by atoms with Crippen molar-refractivity contribution in [2.75, 3.05) is 6.61 Å². The van der Waals surface area contributed by atoms with Crippen LogP contribution in [0.15, 0.2) is 73.1 Å². The molecule has 1 aromatic heterocycles. The Kier molecular flexibility index (Phi) is 4.35. The molecule has 1 aliphatic carbocycles. The van der Waals surface area contributed by atoms with Crippen LogP contribution in [0.4, 0.5) is 0 Å². The number of pyridine rings is 1. The number of aliphatic hydroxyl groups is 1. The van der Waals surface area contributed by atoms with Gasteiger partial charge in [-0.1, -0.05) is 48.5 Å². The fraction of sp³-hybridized carbons (Fsp3) is 0.227. The van der Waals surface area contributed by atoms with Crippen LogP contribution in [-0.4, -0.2) is 16.7 Å². The van der Waals surface area contributed by atoms with Crippen molar-refractivity contribution in [3.63, 3.8) is 0 Å². The number of aromatic nitrogens is 1. The van der Waals surface area contributed by atoms with E-state index in [0.717, 1.165) is 30.5 Å². The van der Waals surface area contributed by atoms with E-state index in [2.05, 4.69) is 64.9 Å². The predicted octanol–water partition coefficient (Wildman–Crippen LogP) is 3.67. The summed E-state index contributed by atoms with van der Waals surface area (Å²) < 4.78 is 0. The van der Waals surface area contributed by atoms with Crippen LogP contribution in [0.2, 0.25) is 0 Å². The van der Waals surface area contributed by atoms with Gasteiger partial charge < -0.3 is 10.4 Å². The number of aryl methyl sites for hydroxylation is 1. The van der Waals surface area contributed by atoms with Gasteiger partial charge in [0.1, 0.15) is 0 Å². The zero-order valence-corrected chi connectivity index (χ0v) is 14.2. The van der Waals surface area contributed by atoms with Gasteiger partial charge in [0.15, 0.2) is 0 Å². The zero-order valence-electron chi connectivity index (χ0n) is 14.2. The van der Waals surface area contributed by atoms with Crippen LogP contribution < -0.4 is 5.32 Å². The lowest BCUT2D eigenvalue weighted by Gasteiger charge is -2.30. The van der Waals surface area contributed by atoms with Gasteiger partial charge in [0.2, 0.25) is 0 Å². The lowest BCUT2D eigenvalue weighted by atomic mass is 9.92. The monoisotopic (exact) mass is 330 g/mol. The minimum atomic E-state index is -0.332. The van der Waals surface area contributed by atoms with Crippen LogP contribution in [0.1, 0.15) is 23.1 Å². The summed E-state index contributed by atoms with van der Waals surface area (Å²) in [6.07, 6.45) is 5.62. The minimum Gasteiger partial charge on any atom is -0.394 e. The Morgan fingerprint density at radius 2 is 1.88 bits per heavy atom. The van der Waals surface area contributed by atoms with Crippen LogP contribution in [-0.2, 0) is 18.5 Å². The van der Waals surface area contributed by atoms with E-state index in [1.54, 1.807) is 6.20 Å². The Morgan fingerprint density at radius 1 is 1.00 bits per heavy atom. The summed E-state index contributed by atoms with van der Waals surface area (Å²) in [4.78, 5) is 4.20. The minimum absolute atomic E-state index is 0.117. The fourth-order valence-electron chi connectivity index (χ4n) is 3.76. The van der Waals surface area contributed by atoms with E-state index in [0.29, 0.717) is 0 Å². The normalized spacial score (nSPS) is 18.9. The number of fused-ring (bicyclic) bond motifs is 1. The number of hydrogen-bond acceptors (Lipinski definition) is 3. The molecule has 3 heteroatoms. The number of benzene rings is 2. The molecule has 0 bridgehead atoms. The lowest BCUT2D eigenvalue weighted by molar-refractivity contribution is 0.159. The molecule has 1 aliphatic rings. The van der Waals surface area contributed by atoms with Crippen molar-refractivity contribution < 1.29 is 5.11 Å². The van der Waals surface area contributed by atoms with E-state index in [4.69, 9.17) is 0 Å². The van der Waals surface area contributed by atoms with Crippen molar-refractivity contribution in [1.29, 1.82) is 0 Å². The highest BCUT2D eigenvalue weighted by Gasteiger charge is 2.37. The van der Waals surface area contributed by atoms with Gasteiger partial charge in [0, 0.05) is 18.9 Å². The number of hydrogen-bond donors (Lipinski definition) is 2. The van der Waals surface area contributed by atoms with Crippen molar-refractivity contribution in [3.8, 4) is 11.1 Å². The topological polar surface area (TPSA) is 45.1 Å². The van der Waals surface area contributed by atoms with Crippen molar-refractivity contribution in [2.45, 2.75) is 24.9 Å². The van der Waals surface area contributed by atoms with Gasteiger partial charge in [0.25, 0.3) is 0 Å². The molecule has 0 saturated carbocycles. The third-order valence-electron chi connectivity index (χ3n) is 5.18. The first-order valence-electron chi connectivity index (χ1n) is 8.74. The lowest BCUT2D eigenvalue weighted by Crippen LogP contribution is -2.43. The van der Waals surface area contributed by atoms with Crippen LogP contribution in [0.25, 0.3) is 11.1 Å². The standard InChI is InChI=1S/C22H22N2O/c25-16-22(11-10-18-6-1-2-9-21(18)22)24-14-17-5-3-7-19(13-17)20-8-4-12-23-15-20/h1-9,12-13,15,24-25H,10-11,14,16H2. The van der Waals surface area contributed by atoms with Gasteiger partial charge >= 0.3 is 0 Å². The highest BCUT2D eigenvalue weighted by molar-refractivity contribution is 5.62. The van der Waals surface area contributed by atoms with E-state index in [1.807, 2.05) is 12.3 Å². The first-order chi connectivity index (χ1) is 12.3. The van der Waals surface area contributed by atoms with Gasteiger partial charge in [-0.25, -0.2) is 0 Å². The van der Waals surface area contributed by atoms with Gasteiger partial charge in [-0.2, -0.15) is 0 Å². The van der Waals surface area contributed by atoms with E-state index < -0.39 is 0 Å². The maximum Gasteiger partial charge on any atom is 0.0677 e. The van der Waals surface area contributed by atoms with E-state index >= 15 is 0 Å². The molecule has 4 rings (SSSR count). The second kappa shape index (κ2) is 6.79.